The summed E-state index contributed by atoms with van der Waals surface area (Å²) in [6.45, 7) is 3.84. The third kappa shape index (κ3) is 3.43. The van der Waals surface area contributed by atoms with Gasteiger partial charge in [0.25, 0.3) is 0 Å². The third-order valence-corrected chi connectivity index (χ3v) is 3.50. The van der Waals surface area contributed by atoms with Crippen LogP contribution in [0.4, 0.5) is 4.39 Å². The Morgan fingerprint density at radius 1 is 1.50 bits per heavy atom. The molecule has 1 fully saturated rings. The molecule has 1 aromatic rings. The number of rotatable bonds is 5. The van der Waals surface area contributed by atoms with Gasteiger partial charge in [0.1, 0.15) is 11.6 Å². The SMILES string of the molecule is COc1ccc(CNCC2CCN(C)C2)c(F)c1. The van der Waals surface area contributed by atoms with Crippen molar-refractivity contribution in [3.63, 3.8) is 0 Å². The Morgan fingerprint density at radius 2 is 2.33 bits per heavy atom. The van der Waals surface area contributed by atoms with Gasteiger partial charge in [-0.2, -0.15) is 0 Å². The van der Waals surface area contributed by atoms with Crippen molar-refractivity contribution in [1.29, 1.82) is 0 Å². The highest BCUT2D eigenvalue weighted by atomic mass is 19.1. The van der Waals surface area contributed by atoms with E-state index in [1.165, 1.54) is 19.0 Å². The first-order chi connectivity index (χ1) is 8.69. The van der Waals surface area contributed by atoms with E-state index in [4.69, 9.17) is 4.74 Å². The van der Waals surface area contributed by atoms with Crippen LogP contribution in [0.2, 0.25) is 0 Å². The Balaban J connectivity index is 1.79. The molecule has 0 bridgehead atoms. The molecule has 0 radical (unpaired) electrons. The monoisotopic (exact) mass is 252 g/mol. The van der Waals surface area contributed by atoms with Crippen LogP contribution < -0.4 is 10.1 Å². The Bertz CT molecular complexity index is 397. The number of nitrogens with one attached hydrogen (secondary N) is 1. The molecular weight excluding hydrogens is 231 g/mol. The van der Waals surface area contributed by atoms with Crippen LogP contribution in [0.1, 0.15) is 12.0 Å². The molecule has 1 heterocycles. The van der Waals surface area contributed by atoms with E-state index in [-0.39, 0.29) is 5.82 Å². The molecule has 0 saturated carbocycles. The molecule has 4 heteroatoms. The van der Waals surface area contributed by atoms with Gasteiger partial charge in [-0.25, -0.2) is 4.39 Å². The molecule has 1 aliphatic rings. The number of ether oxygens (including phenoxy) is 1. The second-order valence-corrected chi connectivity index (χ2v) is 5.01. The van der Waals surface area contributed by atoms with Gasteiger partial charge in [0.2, 0.25) is 0 Å². The van der Waals surface area contributed by atoms with E-state index >= 15 is 0 Å². The Kier molecular flexibility index (Phi) is 4.55. The average Bonchev–Trinajstić information content (AvgIpc) is 2.77. The Labute approximate surface area is 108 Å². The number of nitrogens with zero attached hydrogens (tertiary/aromatic N) is 1. The van der Waals surface area contributed by atoms with E-state index in [0.717, 1.165) is 13.1 Å². The quantitative estimate of drug-likeness (QED) is 0.866. The lowest BCUT2D eigenvalue weighted by atomic mass is 10.1. The number of hydrogen-bond donors (Lipinski definition) is 1. The highest BCUT2D eigenvalue weighted by Gasteiger charge is 2.18. The van der Waals surface area contributed by atoms with Crippen molar-refractivity contribution in [1.82, 2.24) is 10.2 Å². The fourth-order valence-electron chi connectivity index (χ4n) is 2.40. The molecule has 1 aliphatic heterocycles. The second-order valence-electron chi connectivity index (χ2n) is 5.01. The van der Waals surface area contributed by atoms with E-state index < -0.39 is 0 Å². The lowest BCUT2D eigenvalue weighted by Crippen LogP contribution is -2.25. The molecule has 1 unspecified atom stereocenters. The van der Waals surface area contributed by atoms with E-state index in [1.54, 1.807) is 19.2 Å². The van der Waals surface area contributed by atoms with Gasteiger partial charge in [-0.15, -0.1) is 0 Å². The smallest absolute Gasteiger partial charge is 0.131 e. The molecule has 3 nitrogen and oxygen atoms in total. The predicted molar refractivity (Wildman–Crippen MR) is 70.3 cm³/mol. The lowest BCUT2D eigenvalue weighted by molar-refractivity contribution is 0.387. The summed E-state index contributed by atoms with van der Waals surface area (Å²) in [5.74, 6) is 1.05. The zero-order valence-corrected chi connectivity index (χ0v) is 11.1. The first-order valence-corrected chi connectivity index (χ1v) is 6.40. The van der Waals surface area contributed by atoms with Crippen molar-refractivity contribution in [2.75, 3.05) is 33.8 Å². The summed E-state index contributed by atoms with van der Waals surface area (Å²) in [6, 6.07) is 5.01. The van der Waals surface area contributed by atoms with Gasteiger partial charge in [-0.05, 0) is 38.5 Å². The van der Waals surface area contributed by atoms with E-state index in [1.807, 2.05) is 0 Å². The number of halogens is 1. The topological polar surface area (TPSA) is 24.5 Å². The predicted octanol–water partition coefficient (Wildman–Crippen LogP) is 1.88. The van der Waals surface area contributed by atoms with Crippen LogP contribution in [0.3, 0.4) is 0 Å². The van der Waals surface area contributed by atoms with E-state index in [0.29, 0.717) is 23.8 Å². The molecule has 1 N–H and O–H groups in total. The van der Waals surface area contributed by atoms with Crippen LogP contribution in [-0.4, -0.2) is 38.7 Å². The summed E-state index contributed by atoms with van der Waals surface area (Å²) in [7, 11) is 3.69. The normalized spacial score (nSPS) is 20.3. The zero-order chi connectivity index (χ0) is 13.0. The summed E-state index contributed by atoms with van der Waals surface area (Å²) in [5.41, 5.74) is 0.696. The molecule has 0 aromatic heterocycles. The van der Waals surface area contributed by atoms with Crippen LogP contribution in [0.5, 0.6) is 5.75 Å². The molecule has 1 atom stereocenters. The third-order valence-electron chi connectivity index (χ3n) is 3.50. The molecular formula is C14H21FN2O. The largest absolute Gasteiger partial charge is 0.497 e. The van der Waals surface area contributed by atoms with Gasteiger partial charge in [0.05, 0.1) is 7.11 Å². The summed E-state index contributed by atoms with van der Waals surface area (Å²) >= 11 is 0. The highest BCUT2D eigenvalue weighted by Crippen LogP contribution is 2.17. The number of methoxy groups -OCH3 is 1. The van der Waals surface area contributed by atoms with Crippen molar-refractivity contribution in [2.45, 2.75) is 13.0 Å². The van der Waals surface area contributed by atoms with Gasteiger partial charge in [-0.1, -0.05) is 6.07 Å². The first-order valence-electron chi connectivity index (χ1n) is 6.40. The maximum Gasteiger partial charge on any atom is 0.131 e. The van der Waals surface area contributed by atoms with Crippen molar-refractivity contribution in [2.24, 2.45) is 5.92 Å². The van der Waals surface area contributed by atoms with Crippen molar-refractivity contribution >= 4 is 0 Å². The van der Waals surface area contributed by atoms with E-state index in [9.17, 15) is 4.39 Å². The summed E-state index contributed by atoms with van der Waals surface area (Å²) in [6.07, 6.45) is 1.23. The molecule has 0 spiro atoms. The standard InChI is InChI=1S/C14H21FN2O/c1-17-6-5-11(10-17)8-16-9-12-3-4-13(18-2)7-14(12)15/h3-4,7,11,16H,5-6,8-10H2,1-2H3. The molecule has 100 valence electrons. The minimum atomic E-state index is -0.203. The van der Waals surface area contributed by atoms with E-state index in [2.05, 4.69) is 17.3 Å². The van der Waals surface area contributed by atoms with Gasteiger partial charge in [-0.3, -0.25) is 0 Å². The Morgan fingerprint density at radius 3 is 2.94 bits per heavy atom. The van der Waals surface area contributed by atoms with Crippen LogP contribution in [0, 0.1) is 11.7 Å². The molecule has 1 aromatic carbocycles. The first kappa shape index (κ1) is 13.3. The molecule has 2 rings (SSSR count). The Hall–Kier alpha value is -1.13. The fraction of sp³-hybridized carbons (Fsp3) is 0.571. The van der Waals surface area contributed by atoms with Crippen molar-refractivity contribution < 1.29 is 9.13 Å². The van der Waals surface area contributed by atoms with Crippen LogP contribution in [-0.2, 0) is 6.54 Å². The molecule has 0 aliphatic carbocycles. The fourth-order valence-corrected chi connectivity index (χ4v) is 2.40. The summed E-state index contributed by atoms with van der Waals surface area (Å²) in [4.78, 5) is 2.33. The van der Waals surface area contributed by atoms with Crippen molar-refractivity contribution in [3.8, 4) is 5.75 Å². The minimum absolute atomic E-state index is 0.203. The maximum absolute atomic E-state index is 13.7. The number of hydrogen-bond acceptors (Lipinski definition) is 3. The number of benzene rings is 1. The molecule has 0 amide bonds. The summed E-state index contributed by atoms with van der Waals surface area (Å²) in [5, 5.41) is 3.33. The van der Waals surface area contributed by atoms with Gasteiger partial charge in [0, 0.05) is 24.7 Å². The summed E-state index contributed by atoms with van der Waals surface area (Å²) < 4.78 is 18.7. The second kappa shape index (κ2) is 6.16. The molecule has 1 saturated heterocycles. The van der Waals surface area contributed by atoms with Crippen molar-refractivity contribution in [3.05, 3.63) is 29.6 Å². The van der Waals surface area contributed by atoms with Crippen LogP contribution in [0.25, 0.3) is 0 Å². The molecule has 18 heavy (non-hydrogen) atoms. The lowest BCUT2D eigenvalue weighted by Gasteiger charge is -2.12. The zero-order valence-electron chi connectivity index (χ0n) is 11.1. The number of likely N-dealkylation sites (tertiary alicyclic amines) is 1. The maximum atomic E-state index is 13.7. The van der Waals surface area contributed by atoms with Crippen LogP contribution >= 0.6 is 0 Å². The van der Waals surface area contributed by atoms with Gasteiger partial charge < -0.3 is 15.0 Å². The van der Waals surface area contributed by atoms with Crippen LogP contribution in [0.15, 0.2) is 18.2 Å². The minimum Gasteiger partial charge on any atom is -0.497 e. The van der Waals surface area contributed by atoms with Gasteiger partial charge in [0.15, 0.2) is 0 Å². The highest BCUT2D eigenvalue weighted by molar-refractivity contribution is 5.28. The average molecular weight is 252 g/mol. The van der Waals surface area contributed by atoms with Gasteiger partial charge >= 0.3 is 0 Å².